The van der Waals surface area contributed by atoms with E-state index in [1.165, 1.54) is 6.20 Å². The van der Waals surface area contributed by atoms with E-state index in [4.69, 9.17) is 4.42 Å². The minimum atomic E-state index is -0.475. The average Bonchev–Trinajstić information content (AvgIpc) is 2.58. The second-order valence-electron chi connectivity index (χ2n) is 2.17. The fourth-order valence-corrected chi connectivity index (χ4v) is 0.764. The predicted octanol–water partition coefficient (Wildman–Crippen LogP) is -0.748. The Balaban J connectivity index is 2.58. The van der Waals surface area contributed by atoms with Crippen molar-refractivity contribution >= 4 is 0 Å². The van der Waals surface area contributed by atoms with Crippen molar-refractivity contribution in [2.24, 2.45) is 0 Å². The zero-order chi connectivity index (χ0) is 8.55. The fourth-order valence-electron chi connectivity index (χ4n) is 0.764. The summed E-state index contributed by atoms with van der Waals surface area (Å²) < 4.78 is 5.98. The maximum atomic E-state index is 10.9. The molecule has 2 aromatic heterocycles. The summed E-state index contributed by atoms with van der Waals surface area (Å²) in [5, 5.41) is 8.85. The van der Waals surface area contributed by atoms with E-state index in [1.54, 1.807) is 6.92 Å². The van der Waals surface area contributed by atoms with E-state index in [2.05, 4.69) is 20.5 Å². The Morgan fingerprint density at radius 2 is 2.50 bits per heavy atom. The maximum absolute atomic E-state index is 10.9. The molecule has 0 saturated heterocycles. The van der Waals surface area contributed by atoms with Gasteiger partial charge in [-0.25, -0.2) is 9.89 Å². The van der Waals surface area contributed by atoms with E-state index in [-0.39, 0.29) is 6.01 Å². The van der Waals surface area contributed by atoms with E-state index < -0.39 is 5.69 Å². The number of aryl methyl sites for hydroxylation is 1. The molecule has 7 nitrogen and oxygen atoms in total. The molecular weight excluding hydrogens is 162 g/mol. The zero-order valence-corrected chi connectivity index (χ0v) is 6.18. The van der Waals surface area contributed by atoms with Crippen LogP contribution in [0.4, 0.5) is 0 Å². The predicted molar refractivity (Wildman–Crippen MR) is 36.8 cm³/mol. The van der Waals surface area contributed by atoms with Crippen LogP contribution in [0.5, 0.6) is 0 Å². The number of nitrogens with zero attached hydrogens (tertiary/aromatic N) is 4. The molecule has 0 aliphatic heterocycles. The minimum Gasteiger partial charge on any atom is -0.427 e. The van der Waals surface area contributed by atoms with Crippen LogP contribution in [0, 0.1) is 6.92 Å². The average molecular weight is 167 g/mol. The number of H-pyrrole nitrogens is 1. The molecule has 0 atom stereocenters. The molecule has 0 amide bonds. The Morgan fingerprint density at radius 3 is 3.00 bits per heavy atom. The van der Waals surface area contributed by atoms with Crippen LogP contribution in [0.2, 0.25) is 0 Å². The molecule has 2 rings (SSSR count). The summed E-state index contributed by atoms with van der Waals surface area (Å²) in [5.41, 5.74) is -0.475. The lowest BCUT2D eigenvalue weighted by Crippen LogP contribution is -2.16. The smallest absolute Gasteiger partial charge is 0.369 e. The first-order valence-corrected chi connectivity index (χ1v) is 3.20. The van der Waals surface area contributed by atoms with Gasteiger partial charge in [-0.3, -0.25) is 0 Å². The highest BCUT2D eigenvalue weighted by Gasteiger charge is 2.07. The molecule has 2 aromatic rings. The van der Waals surface area contributed by atoms with Crippen molar-refractivity contribution in [2.45, 2.75) is 6.92 Å². The molecule has 12 heavy (non-hydrogen) atoms. The van der Waals surface area contributed by atoms with Gasteiger partial charge in [-0.15, -0.1) is 4.68 Å². The number of tetrazole rings is 1. The summed E-state index contributed by atoms with van der Waals surface area (Å²) >= 11 is 0. The largest absolute Gasteiger partial charge is 0.427 e. The van der Waals surface area contributed by atoms with Gasteiger partial charge in [-0.1, -0.05) is 0 Å². The summed E-state index contributed by atoms with van der Waals surface area (Å²) in [6.07, 6.45) is 1.50. The van der Waals surface area contributed by atoms with Crippen LogP contribution in [0.25, 0.3) is 6.01 Å². The molecule has 0 aliphatic carbocycles. The van der Waals surface area contributed by atoms with E-state index >= 15 is 0 Å². The molecule has 0 aliphatic rings. The highest BCUT2D eigenvalue weighted by Crippen LogP contribution is 2.02. The number of hydrogen-bond acceptors (Lipinski definition) is 5. The topological polar surface area (TPSA) is 89.6 Å². The SMILES string of the molecule is Cc1cnc(-n2nn[nH]c2=O)o1. The van der Waals surface area contributed by atoms with Crippen molar-refractivity contribution in [3.8, 4) is 6.01 Å². The maximum Gasteiger partial charge on any atom is 0.369 e. The highest BCUT2D eigenvalue weighted by atomic mass is 16.4. The summed E-state index contributed by atoms with van der Waals surface area (Å²) in [4.78, 5) is 14.7. The molecule has 62 valence electrons. The molecule has 0 radical (unpaired) electrons. The van der Waals surface area contributed by atoms with Crippen LogP contribution in [0.1, 0.15) is 5.76 Å². The summed E-state index contributed by atoms with van der Waals surface area (Å²) in [6, 6.07) is 0.117. The van der Waals surface area contributed by atoms with Crippen LogP contribution < -0.4 is 5.69 Å². The Bertz CT molecular complexity index is 438. The number of hydrogen-bond donors (Lipinski definition) is 1. The molecule has 0 saturated carbocycles. The van der Waals surface area contributed by atoms with Crippen molar-refractivity contribution in [1.82, 2.24) is 25.2 Å². The molecule has 0 fully saturated rings. The summed E-state index contributed by atoms with van der Waals surface area (Å²) in [7, 11) is 0. The number of nitrogens with one attached hydrogen (secondary N) is 1. The first kappa shape index (κ1) is 6.77. The lowest BCUT2D eigenvalue weighted by molar-refractivity contribution is 0.478. The normalized spacial score (nSPS) is 10.4. The number of rotatable bonds is 1. The van der Waals surface area contributed by atoms with Gasteiger partial charge in [0.25, 0.3) is 0 Å². The van der Waals surface area contributed by atoms with Crippen molar-refractivity contribution in [2.75, 3.05) is 0 Å². The van der Waals surface area contributed by atoms with Gasteiger partial charge in [0.05, 0.1) is 6.20 Å². The molecule has 2 heterocycles. The van der Waals surface area contributed by atoms with Gasteiger partial charge in [0.2, 0.25) is 0 Å². The lowest BCUT2D eigenvalue weighted by Gasteiger charge is -1.85. The fraction of sp³-hybridized carbons (Fsp3) is 0.200. The standard InChI is InChI=1S/C5H5N5O2/c1-3-2-6-5(12-3)10-4(11)7-8-9-10/h2H,1H3,(H,7,9,11). The Hall–Kier alpha value is -1.92. The van der Waals surface area contributed by atoms with Gasteiger partial charge in [0.1, 0.15) is 5.76 Å². The lowest BCUT2D eigenvalue weighted by atomic mass is 10.6. The van der Waals surface area contributed by atoms with Gasteiger partial charge < -0.3 is 4.42 Å². The first-order chi connectivity index (χ1) is 5.77. The third kappa shape index (κ3) is 0.911. The van der Waals surface area contributed by atoms with Crippen LogP contribution >= 0.6 is 0 Å². The summed E-state index contributed by atoms with van der Waals surface area (Å²) in [6.45, 7) is 1.72. The molecule has 0 unspecified atom stereocenters. The quantitative estimate of drug-likeness (QED) is 0.603. The van der Waals surface area contributed by atoms with Crippen LogP contribution in [0.3, 0.4) is 0 Å². The highest BCUT2D eigenvalue weighted by molar-refractivity contribution is 5.03. The van der Waals surface area contributed by atoms with E-state index in [1.807, 2.05) is 0 Å². The third-order valence-electron chi connectivity index (χ3n) is 1.26. The van der Waals surface area contributed by atoms with Crippen LogP contribution in [0.15, 0.2) is 15.4 Å². The second-order valence-corrected chi connectivity index (χ2v) is 2.17. The molecular formula is C5H5N5O2. The van der Waals surface area contributed by atoms with Gasteiger partial charge in [-0.2, -0.15) is 4.98 Å². The van der Waals surface area contributed by atoms with Crippen LogP contribution in [-0.4, -0.2) is 25.2 Å². The third-order valence-corrected chi connectivity index (χ3v) is 1.26. The van der Waals surface area contributed by atoms with Crippen molar-refractivity contribution in [1.29, 1.82) is 0 Å². The van der Waals surface area contributed by atoms with Gasteiger partial charge in [-0.05, 0) is 17.4 Å². The number of aromatic amines is 1. The van der Waals surface area contributed by atoms with Crippen molar-refractivity contribution in [3.05, 3.63) is 22.4 Å². The van der Waals surface area contributed by atoms with Gasteiger partial charge in [0.15, 0.2) is 0 Å². The van der Waals surface area contributed by atoms with Gasteiger partial charge in [0, 0.05) is 0 Å². The number of aromatic nitrogens is 5. The second kappa shape index (κ2) is 2.29. The minimum absolute atomic E-state index is 0.117. The van der Waals surface area contributed by atoms with Gasteiger partial charge >= 0.3 is 11.7 Å². The van der Waals surface area contributed by atoms with Crippen molar-refractivity contribution in [3.63, 3.8) is 0 Å². The summed E-state index contributed by atoms with van der Waals surface area (Å²) in [5.74, 6) is 0.611. The van der Waals surface area contributed by atoms with E-state index in [0.717, 1.165) is 4.68 Å². The Morgan fingerprint density at radius 1 is 1.67 bits per heavy atom. The Labute approximate surface area is 66.0 Å². The van der Waals surface area contributed by atoms with E-state index in [0.29, 0.717) is 5.76 Å². The molecule has 1 N–H and O–H groups in total. The zero-order valence-electron chi connectivity index (χ0n) is 6.18. The van der Waals surface area contributed by atoms with Crippen LogP contribution in [-0.2, 0) is 0 Å². The van der Waals surface area contributed by atoms with E-state index in [9.17, 15) is 4.79 Å². The Kier molecular flexibility index (Phi) is 1.29. The number of oxazole rings is 1. The molecule has 0 aromatic carbocycles. The molecule has 0 spiro atoms. The molecule has 0 bridgehead atoms. The first-order valence-electron chi connectivity index (χ1n) is 3.20. The van der Waals surface area contributed by atoms with Crippen molar-refractivity contribution < 1.29 is 4.42 Å². The monoisotopic (exact) mass is 167 g/mol. The molecule has 7 heteroatoms.